The molecule has 1 saturated carbocycles. The lowest BCUT2D eigenvalue weighted by molar-refractivity contribution is -0.134. The van der Waals surface area contributed by atoms with Crippen LogP contribution in [0, 0.1) is 0 Å². The molecule has 0 aromatic heterocycles. The molecule has 0 atom stereocenters. The topological polar surface area (TPSA) is 30.0 Å². The van der Waals surface area contributed by atoms with Gasteiger partial charge in [0, 0.05) is 64.9 Å². The molecule has 2 aliphatic heterocycles. The van der Waals surface area contributed by atoms with E-state index in [9.17, 15) is 4.79 Å². The van der Waals surface area contributed by atoms with Crippen LogP contribution in [0.25, 0.3) is 0 Å². The van der Waals surface area contributed by atoms with E-state index in [1.165, 1.54) is 25.7 Å². The maximum atomic E-state index is 12.5. The highest BCUT2D eigenvalue weighted by Crippen LogP contribution is 2.24. The lowest BCUT2D eigenvalue weighted by Crippen LogP contribution is -2.55. The van der Waals surface area contributed by atoms with Crippen molar-refractivity contribution >= 4 is 5.91 Å². The molecule has 3 aliphatic rings. The molecule has 2 heterocycles. The van der Waals surface area contributed by atoms with Gasteiger partial charge >= 0.3 is 0 Å². The fourth-order valence-electron chi connectivity index (χ4n) is 4.21. The smallest absolute Gasteiger partial charge is 0.236 e. The van der Waals surface area contributed by atoms with Gasteiger partial charge in [-0.2, -0.15) is 0 Å². The first-order valence-electron chi connectivity index (χ1n) is 9.33. The molecule has 0 spiro atoms. The molecule has 0 bridgehead atoms. The maximum absolute atomic E-state index is 12.5. The summed E-state index contributed by atoms with van der Waals surface area (Å²) in [6.45, 7) is 13.5. The van der Waals surface area contributed by atoms with E-state index >= 15 is 0 Å². The lowest BCUT2D eigenvalue weighted by atomic mass is 10.2. The third-order valence-electron chi connectivity index (χ3n) is 5.72. The average molecular weight is 320 g/mol. The molecule has 2 saturated heterocycles. The van der Waals surface area contributed by atoms with Gasteiger partial charge in [-0.1, -0.05) is 18.9 Å². The highest BCUT2D eigenvalue weighted by Gasteiger charge is 2.28. The number of rotatable bonds is 5. The lowest BCUT2D eigenvalue weighted by Gasteiger charge is -2.39. The molecule has 0 aromatic rings. The number of nitrogens with zero attached hydrogens (tertiary/aromatic N) is 4. The largest absolute Gasteiger partial charge is 0.339 e. The quantitative estimate of drug-likeness (QED) is 0.704. The van der Waals surface area contributed by atoms with Crippen LogP contribution in [0.15, 0.2) is 12.7 Å². The Balaban J connectivity index is 1.37. The highest BCUT2D eigenvalue weighted by atomic mass is 16.2. The highest BCUT2D eigenvalue weighted by molar-refractivity contribution is 5.78. The van der Waals surface area contributed by atoms with Crippen LogP contribution in [0.5, 0.6) is 0 Å². The van der Waals surface area contributed by atoms with E-state index in [0.29, 0.717) is 12.5 Å². The van der Waals surface area contributed by atoms with E-state index in [2.05, 4.69) is 26.2 Å². The first-order chi connectivity index (χ1) is 11.3. The Morgan fingerprint density at radius 2 is 1.52 bits per heavy atom. The minimum Gasteiger partial charge on any atom is -0.339 e. The van der Waals surface area contributed by atoms with Crippen LogP contribution in [0.3, 0.4) is 0 Å². The molecule has 0 N–H and O–H groups in total. The Morgan fingerprint density at radius 3 is 2.13 bits per heavy atom. The molecule has 5 heteroatoms. The van der Waals surface area contributed by atoms with Crippen molar-refractivity contribution in [2.24, 2.45) is 0 Å². The number of carbonyl (C=O) groups is 1. The predicted octanol–water partition coefficient (Wildman–Crippen LogP) is 0.877. The van der Waals surface area contributed by atoms with E-state index < -0.39 is 0 Å². The van der Waals surface area contributed by atoms with Crippen molar-refractivity contribution in [3.8, 4) is 0 Å². The summed E-state index contributed by atoms with van der Waals surface area (Å²) >= 11 is 0. The predicted molar refractivity (Wildman–Crippen MR) is 93.5 cm³/mol. The van der Waals surface area contributed by atoms with E-state index in [1.807, 2.05) is 6.08 Å². The number of piperazine rings is 2. The summed E-state index contributed by atoms with van der Waals surface area (Å²) in [7, 11) is 0. The van der Waals surface area contributed by atoms with Crippen LogP contribution >= 0.6 is 0 Å². The van der Waals surface area contributed by atoms with E-state index in [-0.39, 0.29) is 0 Å². The second-order valence-corrected chi connectivity index (χ2v) is 7.22. The number of hydrogen-bond acceptors (Lipinski definition) is 4. The van der Waals surface area contributed by atoms with Gasteiger partial charge in [-0.05, 0) is 12.8 Å². The summed E-state index contributed by atoms with van der Waals surface area (Å²) in [5.41, 5.74) is 0. The van der Waals surface area contributed by atoms with Gasteiger partial charge in [0.15, 0.2) is 0 Å². The van der Waals surface area contributed by atoms with Crippen LogP contribution in [0.2, 0.25) is 0 Å². The summed E-state index contributed by atoms with van der Waals surface area (Å²) in [5, 5.41) is 0. The first-order valence-corrected chi connectivity index (χ1v) is 9.33. The van der Waals surface area contributed by atoms with Gasteiger partial charge in [-0.25, -0.2) is 0 Å². The third kappa shape index (κ3) is 4.55. The molecule has 1 aliphatic carbocycles. The number of carbonyl (C=O) groups excluding carboxylic acids is 1. The fourth-order valence-corrected chi connectivity index (χ4v) is 4.21. The van der Waals surface area contributed by atoms with Crippen LogP contribution in [0.4, 0.5) is 0 Å². The molecule has 3 rings (SSSR count). The summed E-state index contributed by atoms with van der Waals surface area (Å²) in [6.07, 6.45) is 7.47. The summed E-state index contributed by atoms with van der Waals surface area (Å²) in [5.74, 6) is 0.327. The SMILES string of the molecule is C=CCN1CCN(CC(=O)N2CCN(C3CCCC3)CC2)CC1. The summed E-state index contributed by atoms with van der Waals surface area (Å²) < 4.78 is 0. The van der Waals surface area contributed by atoms with Gasteiger partial charge in [0.1, 0.15) is 0 Å². The molecule has 5 nitrogen and oxygen atoms in total. The summed E-state index contributed by atoms with van der Waals surface area (Å²) in [6, 6.07) is 0.796. The second kappa shape index (κ2) is 8.27. The third-order valence-corrected chi connectivity index (χ3v) is 5.72. The molecule has 0 unspecified atom stereocenters. The Bertz CT molecular complexity index is 392. The second-order valence-electron chi connectivity index (χ2n) is 7.22. The molecule has 0 radical (unpaired) electrons. The van der Waals surface area contributed by atoms with Gasteiger partial charge in [0.2, 0.25) is 5.91 Å². The molecule has 0 aromatic carbocycles. The minimum absolute atomic E-state index is 0.327. The zero-order valence-corrected chi connectivity index (χ0v) is 14.5. The van der Waals surface area contributed by atoms with Crippen molar-refractivity contribution in [2.45, 2.75) is 31.7 Å². The van der Waals surface area contributed by atoms with Crippen molar-refractivity contribution in [3.63, 3.8) is 0 Å². The van der Waals surface area contributed by atoms with E-state index in [1.54, 1.807) is 0 Å². The van der Waals surface area contributed by atoms with Crippen molar-refractivity contribution in [3.05, 3.63) is 12.7 Å². The van der Waals surface area contributed by atoms with E-state index in [4.69, 9.17) is 0 Å². The molecule has 3 fully saturated rings. The van der Waals surface area contributed by atoms with Gasteiger partial charge in [0.25, 0.3) is 0 Å². The molecular weight excluding hydrogens is 288 g/mol. The fraction of sp³-hybridized carbons (Fsp3) is 0.833. The number of hydrogen-bond donors (Lipinski definition) is 0. The first kappa shape index (κ1) is 16.9. The van der Waals surface area contributed by atoms with Crippen LogP contribution < -0.4 is 0 Å². The molecule has 23 heavy (non-hydrogen) atoms. The van der Waals surface area contributed by atoms with Crippen molar-refractivity contribution in [1.82, 2.24) is 19.6 Å². The Hall–Kier alpha value is -0.910. The number of amides is 1. The van der Waals surface area contributed by atoms with Crippen LogP contribution in [-0.4, -0.2) is 97.0 Å². The Kier molecular flexibility index (Phi) is 6.08. The zero-order chi connectivity index (χ0) is 16.1. The Labute approximate surface area is 140 Å². The minimum atomic E-state index is 0.327. The van der Waals surface area contributed by atoms with Gasteiger partial charge in [-0.15, -0.1) is 6.58 Å². The molecule has 1 amide bonds. The van der Waals surface area contributed by atoms with Gasteiger partial charge in [0.05, 0.1) is 6.54 Å². The zero-order valence-electron chi connectivity index (χ0n) is 14.5. The summed E-state index contributed by atoms with van der Waals surface area (Å²) in [4.78, 5) is 21.9. The normalized spacial score (nSPS) is 25.8. The van der Waals surface area contributed by atoms with Crippen molar-refractivity contribution < 1.29 is 4.79 Å². The molecule has 130 valence electrons. The van der Waals surface area contributed by atoms with E-state index in [0.717, 1.165) is 64.9 Å². The standard InChI is InChI=1S/C18H32N4O/c1-2-7-19-8-10-20(11-9-19)16-18(23)22-14-12-21(13-15-22)17-5-3-4-6-17/h2,17H,1,3-16H2. The maximum Gasteiger partial charge on any atom is 0.236 e. The van der Waals surface area contributed by atoms with Crippen molar-refractivity contribution in [2.75, 3.05) is 65.4 Å². The monoisotopic (exact) mass is 320 g/mol. The van der Waals surface area contributed by atoms with Gasteiger partial charge in [-0.3, -0.25) is 19.5 Å². The van der Waals surface area contributed by atoms with Gasteiger partial charge < -0.3 is 4.90 Å². The van der Waals surface area contributed by atoms with Crippen LogP contribution in [0.1, 0.15) is 25.7 Å². The Morgan fingerprint density at radius 1 is 0.913 bits per heavy atom. The average Bonchev–Trinajstić information content (AvgIpc) is 3.11. The van der Waals surface area contributed by atoms with Crippen molar-refractivity contribution in [1.29, 1.82) is 0 Å². The van der Waals surface area contributed by atoms with Crippen LogP contribution in [-0.2, 0) is 4.79 Å². The molecular formula is C18H32N4O.